The molecule has 1 saturated heterocycles. The summed E-state index contributed by atoms with van der Waals surface area (Å²) < 4.78 is 0. The fourth-order valence-electron chi connectivity index (χ4n) is 5.47. The molecule has 2 saturated carbocycles. The van der Waals surface area contributed by atoms with E-state index in [1.165, 1.54) is 4.90 Å². The van der Waals surface area contributed by atoms with E-state index in [-0.39, 0.29) is 12.1 Å². The highest BCUT2D eigenvalue weighted by molar-refractivity contribution is 7.99. The molecule has 3 fully saturated rings. The van der Waals surface area contributed by atoms with E-state index in [2.05, 4.69) is 20.2 Å². The Morgan fingerprint density at radius 3 is 2.73 bits per heavy atom. The van der Waals surface area contributed by atoms with Crippen LogP contribution in [0, 0.1) is 5.92 Å². The smallest absolute Gasteiger partial charge is 0.227 e. The molecule has 6 rings (SSSR count). The number of aromatic nitrogens is 4. The number of hydrogen-bond acceptors (Lipinski definition) is 8. The quantitative estimate of drug-likeness (QED) is 0.726. The molecule has 2 aliphatic heterocycles. The molecule has 4 heterocycles. The Balaban J connectivity index is 1.26. The van der Waals surface area contributed by atoms with Gasteiger partial charge in [-0.3, -0.25) is 0 Å². The van der Waals surface area contributed by atoms with E-state index in [1.54, 1.807) is 12.4 Å². The lowest BCUT2D eigenvalue weighted by atomic mass is 9.77. The average Bonchev–Trinajstić information content (AvgIpc) is 3.46. The predicted molar refractivity (Wildman–Crippen MR) is 117 cm³/mol. The van der Waals surface area contributed by atoms with Crippen LogP contribution < -0.4 is 10.2 Å². The van der Waals surface area contributed by atoms with E-state index in [9.17, 15) is 5.11 Å². The summed E-state index contributed by atoms with van der Waals surface area (Å²) in [7, 11) is 0. The first-order valence-electron chi connectivity index (χ1n) is 10.8. The molecule has 0 aromatic carbocycles. The zero-order valence-corrected chi connectivity index (χ0v) is 18.3. The second-order valence-corrected chi connectivity index (χ2v) is 10.6. The molecule has 30 heavy (non-hydrogen) atoms. The number of anilines is 2. The molecule has 4 aliphatic rings. The van der Waals surface area contributed by atoms with Crippen LogP contribution in [0.2, 0.25) is 5.02 Å². The summed E-state index contributed by atoms with van der Waals surface area (Å²) in [6.07, 6.45) is 9.71. The first-order valence-corrected chi connectivity index (χ1v) is 12.2. The molecule has 2 unspecified atom stereocenters. The van der Waals surface area contributed by atoms with Crippen molar-refractivity contribution in [2.24, 2.45) is 5.92 Å². The Kier molecular flexibility index (Phi) is 4.58. The molecule has 0 radical (unpaired) electrons. The molecule has 2 N–H and O–H groups in total. The summed E-state index contributed by atoms with van der Waals surface area (Å²) in [5, 5.41) is 14.1. The highest BCUT2D eigenvalue weighted by Gasteiger charge is 2.47. The van der Waals surface area contributed by atoms with Crippen molar-refractivity contribution in [1.82, 2.24) is 19.9 Å². The van der Waals surface area contributed by atoms with Crippen LogP contribution in [-0.4, -0.2) is 55.5 Å². The van der Waals surface area contributed by atoms with Crippen molar-refractivity contribution >= 4 is 35.1 Å². The van der Waals surface area contributed by atoms with E-state index >= 15 is 0 Å². The Morgan fingerprint density at radius 1 is 1.23 bits per heavy atom. The second kappa shape index (κ2) is 7.21. The Morgan fingerprint density at radius 2 is 2.07 bits per heavy atom. The Hall–Kier alpha value is -1.64. The van der Waals surface area contributed by atoms with Gasteiger partial charge in [0.25, 0.3) is 0 Å². The zero-order chi connectivity index (χ0) is 20.3. The van der Waals surface area contributed by atoms with Gasteiger partial charge in [0.1, 0.15) is 11.6 Å². The summed E-state index contributed by atoms with van der Waals surface area (Å²) in [5.74, 6) is 4.64. The third-order valence-corrected chi connectivity index (χ3v) is 8.60. The highest BCUT2D eigenvalue weighted by atomic mass is 35.5. The summed E-state index contributed by atoms with van der Waals surface area (Å²) in [6.45, 7) is 1.10. The summed E-state index contributed by atoms with van der Waals surface area (Å²) >= 11 is 7.79. The van der Waals surface area contributed by atoms with Gasteiger partial charge in [-0.25, -0.2) is 15.0 Å². The van der Waals surface area contributed by atoms with Gasteiger partial charge in [-0.2, -0.15) is 4.98 Å². The number of aliphatic hydroxyl groups is 1. The van der Waals surface area contributed by atoms with Crippen LogP contribution in [0.3, 0.4) is 0 Å². The second-order valence-electron chi connectivity index (χ2n) is 9.07. The third kappa shape index (κ3) is 3.07. The van der Waals surface area contributed by atoms with Gasteiger partial charge in [-0.1, -0.05) is 11.6 Å². The lowest BCUT2D eigenvalue weighted by Crippen LogP contribution is -2.48. The van der Waals surface area contributed by atoms with Crippen molar-refractivity contribution in [2.45, 2.75) is 60.9 Å². The van der Waals surface area contributed by atoms with E-state index in [0.717, 1.165) is 74.1 Å². The first kappa shape index (κ1) is 19.1. The van der Waals surface area contributed by atoms with Gasteiger partial charge < -0.3 is 15.3 Å². The number of rotatable bonds is 5. The Bertz CT molecular complexity index is 963. The van der Waals surface area contributed by atoms with E-state index in [4.69, 9.17) is 21.6 Å². The normalized spacial score (nSPS) is 28.5. The summed E-state index contributed by atoms with van der Waals surface area (Å²) in [6, 6.07) is 0.426. The minimum atomic E-state index is -0.205. The number of thioether (sulfide) groups is 1. The number of aryl methyl sites for hydroxylation is 1. The van der Waals surface area contributed by atoms with Crippen LogP contribution in [0.4, 0.5) is 11.8 Å². The molecule has 2 aromatic rings. The maximum atomic E-state index is 9.92. The van der Waals surface area contributed by atoms with Crippen LogP contribution in [0.1, 0.15) is 49.5 Å². The van der Waals surface area contributed by atoms with Crippen LogP contribution >= 0.6 is 23.4 Å². The lowest BCUT2D eigenvalue weighted by molar-refractivity contribution is 0.143. The molecule has 3 atom stereocenters. The van der Waals surface area contributed by atoms with Crippen molar-refractivity contribution in [3.63, 3.8) is 0 Å². The molecule has 2 aliphatic carbocycles. The van der Waals surface area contributed by atoms with Crippen molar-refractivity contribution in [3.05, 3.63) is 28.9 Å². The first-order chi connectivity index (χ1) is 14.6. The number of nitrogens with zero attached hydrogens (tertiary/aromatic N) is 5. The SMILES string of the molecule is OCC1(Nc2nc(N3CC4CC3C[C@H]4c3ncc(Cl)cn3)nc3c2SCC3)CCC1. The van der Waals surface area contributed by atoms with Gasteiger partial charge >= 0.3 is 0 Å². The van der Waals surface area contributed by atoms with Gasteiger partial charge in [0.05, 0.1) is 27.8 Å². The van der Waals surface area contributed by atoms with Gasteiger partial charge in [-0.15, -0.1) is 11.8 Å². The molecule has 2 bridgehead atoms. The number of piperidine rings is 1. The summed E-state index contributed by atoms with van der Waals surface area (Å²) in [4.78, 5) is 22.5. The lowest BCUT2D eigenvalue weighted by Gasteiger charge is -2.42. The molecule has 158 valence electrons. The van der Waals surface area contributed by atoms with Gasteiger partial charge in [-0.05, 0) is 38.0 Å². The molecule has 2 aromatic heterocycles. The standard InChI is InChI=1S/C21H25ClN6OS/c22-13-8-23-18(24-9-13)15-7-14-6-12(15)10-28(14)20-25-16-2-5-30-17(16)19(26-20)27-21(11-29)3-1-4-21/h8-9,12,14-15,29H,1-7,10-11H2,(H,25,26,27)/t12?,14?,15-/m1/s1. The van der Waals surface area contributed by atoms with Crippen LogP contribution in [0.15, 0.2) is 17.3 Å². The monoisotopic (exact) mass is 444 g/mol. The molecule has 0 amide bonds. The molecule has 7 nitrogen and oxygen atoms in total. The average molecular weight is 445 g/mol. The van der Waals surface area contributed by atoms with Gasteiger partial charge in [0.2, 0.25) is 5.95 Å². The number of halogens is 1. The zero-order valence-electron chi connectivity index (χ0n) is 16.7. The number of nitrogens with one attached hydrogen (secondary N) is 1. The molecular formula is C21H25ClN6OS. The van der Waals surface area contributed by atoms with Crippen molar-refractivity contribution in [1.29, 1.82) is 0 Å². The van der Waals surface area contributed by atoms with Crippen molar-refractivity contribution in [2.75, 3.05) is 29.1 Å². The minimum absolute atomic E-state index is 0.156. The highest BCUT2D eigenvalue weighted by Crippen LogP contribution is 2.48. The molecule has 0 spiro atoms. The van der Waals surface area contributed by atoms with Crippen molar-refractivity contribution < 1.29 is 5.11 Å². The van der Waals surface area contributed by atoms with Crippen LogP contribution in [0.25, 0.3) is 0 Å². The van der Waals surface area contributed by atoms with E-state index < -0.39 is 0 Å². The predicted octanol–water partition coefficient (Wildman–Crippen LogP) is 3.28. The van der Waals surface area contributed by atoms with E-state index in [1.807, 2.05) is 11.8 Å². The van der Waals surface area contributed by atoms with Crippen LogP contribution in [-0.2, 0) is 6.42 Å². The number of fused-ring (bicyclic) bond motifs is 3. The largest absolute Gasteiger partial charge is 0.394 e. The molecular weight excluding hydrogens is 420 g/mol. The van der Waals surface area contributed by atoms with Gasteiger partial charge in [0, 0.05) is 43.1 Å². The number of aliphatic hydroxyl groups excluding tert-OH is 1. The molecule has 9 heteroatoms. The van der Waals surface area contributed by atoms with Crippen molar-refractivity contribution in [3.8, 4) is 0 Å². The van der Waals surface area contributed by atoms with Crippen LogP contribution in [0.5, 0.6) is 0 Å². The summed E-state index contributed by atoms with van der Waals surface area (Å²) in [5.41, 5.74) is 0.948. The fourth-order valence-corrected chi connectivity index (χ4v) is 6.62. The maximum Gasteiger partial charge on any atom is 0.227 e. The number of hydrogen-bond donors (Lipinski definition) is 2. The van der Waals surface area contributed by atoms with E-state index in [0.29, 0.717) is 22.9 Å². The minimum Gasteiger partial charge on any atom is -0.394 e. The topological polar surface area (TPSA) is 87.1 Å². The Labute approximate surface area is 185 Å². The maximum absolute atomic E-state index is 9.92. The fraction of sp³-hybridized carbons (Fsp3) is 0.619. The third-order valence-electron chi connectivity index (χ3n) is 7.28. The van der Waals surface area contributed by atoms with Gasteiger partial charge in [0.15, 0.2) is 0 Å².